The molecule has 1 N–H and O–H groups in total. The van der Waals surface area contributed by atoms with Gasteiger partial charge in [-0.2, -0.15) is 4.52 Å². The summed E-state index contributed by atoms with van der Waals surface area (Å²) in [6, 6.07) is 7.58. The molecule has 0 aliphatic carbocycles. The molecule has 6 nitrogen and oxygen atoms in total. The topological polar surface area (TPSA) is 68.2 Å². The predicted molar refractivity (Wildman–Crippen MR) is 75.5 cm³/mol. The summed E-state index contributed by atoms with van der Waals surface area (Å²) in [5, 5.41) is 16.1. The van der Waals surface area contributed by atoms with Gasteiger partial charge in [-0.3, -0.25) is 0 Å². The maximum atomic E-state index is 5.28. The van der Waals surface area contributed by atoms with Gasteiger partial charge < -0.3 is 9.73 Å². The molecule has 0 radical (unpaired) electrons. The quantitative estimate of drug-likeness (QED) is 0.793. The van der Waals surface area contributed by atoms with Gasteiger partial charge in [0.25, 0.3) is 0 Å². The Bertz CT molecular complexity index is 709. The third-order valence-electron chi connectivity index (χ3n) is 2.96. The SMILES string of the molecule is CC(C)(C)c1nnc2ccc(NCc3ccco3)nn12. The van der Waals surface area contributed by atoms with Crippen LogP contribution in [0.5, 0.6) is 0 Å². The van der Waals surface area contributed by atoms with Crippen molar-refractivity contribution in [2.45, 2.75) is 32.7 Å². The van der Waals surface area contributed by atoms with E-state index >= 15 is 0 Å². The summed E-state index contributed by atoms with van der Waals surface area (Å²) in [5.41, 5.74) is 0.643. The molecule has 104 valence electrons. The Hall–Kier alpha value is -2.37. The van der Waals surface area contributed by atoms with E-state index in [-0.39, 0.29) is 5.41 Å². The molecule has 0 aliphatic rings. The molecule has 0 saturated heterocycles. The highest BCUT2D eigenvalue weighted by molar-refractivity contribution is 5.44. The number of hydrogen-bond acceptors (Lipinski definition) is 5. The van der Waals surface area contributed by atoms with Crippen LogP contribution in [0.3, 0.4) is 0 Å². The molecule has 3 aromatic rings. The van der Waals surface area contributed by atoms with Crippen LogP contribution in [-0.4, -0.2) is 19.8 Å². The maximum absolute atomic E-state index is 5.28. The largest absolute Gasteiger partial charge is 0.467 e. The van der Waals surface area contributed by atoms with Crippen LogP contribution in [-0.2, 0) is 12.0 Å². The predicted octanol–water partition coefficient (Wildman–Crippen LogP) is 2.63. The molecule has 0 bridgehead atoms. The minimum Gasteiger partial charge on any atom is -0.467 e. The van der Waals surface area contributed by atoms with Gasteiger partial charge in [0.15, 0.2) is 11.5 Å². The number of fused-ring (bicyclic) bond motifs is 1. The van der Waals surface area contributed by atoms with Crippen molar-refractivity contribution in [3.05, 3.63) is 42.1 Å². The van der Waals surface area contributed by atoms with E-state index in [1.807, 2.05) is 24.3 Å². The molecule has 6 heteroatoms. The molecule has 0 aromatic carbocycles. The van der Waals surface area contributed by atoms with Gasteiger partial charge in [0.1, 0.15) is 11.6 Å². The van der Waals surface area contributed by atoms with E-state index in [9.17, 15) is 0 Å². The van der Waals surface area contributed by atoms with Crippen LogP contribution in [0.1, 0.15) is 32.4 Å². The molecule has 0 fully saturated rings. The highest BCUT2D eigenvalue weighted by atomic mass is 16.3. The highest BCUT2D eigenvalue weighted by Gasteiger charge is 2.21. The molecule has 0 atom stereocenters. The molecule has 0 saturated carbocycles. The zero-order valence-electron chi connectivity index (χ0n) is 11.8. The first-order valence-electron chi connectivity index (χ1n) is 6.53. The summed E-state index contributed by atoms with van der Waals surface area (Å²) in [5.74, 6) is 2.47. The van der Waals surface area contributed by atoms with Crippen molar-refractivity contribution in [1.82, 2.24) is 19.8 Å². The Kier molecular flexibility index (Phi) is 2.93. The van der Waals surface area contributed by atoms with Gasteiger partial charge >= 0.3 is 0 Å². The van der Waals surface area contributed by atoms with Crippen LogP contribution >= 0.6 is 0 Å². The van der Waals surface area contributed by atoms with E-state index in [0.29, 0.717) is 6.54 Å². The Morgan fingerprint density at radius 3 is 2.75 bits per heavy atom. The monoisotopic (exact) mass is 271 g/mol. The first kappa shape index (κ1) is 12.7. The number of nitrogens with zero attached hydrogens (tertiary/aromatic N) is 4. The zero-order valence-corrected chi connectivity index (χ0v) is 11.8. The lowest BCUT2D eigenvalue weighted by Gasteiger charge is -2.15. The smallest absolute Gasteiger partial charge is 0.178 e. The van der Waals surface area contributed by atoms with E-state index in [4.69, 9.17) is 4.42 Å². The van der Waals surface area contributed by atoms with E-state index in [2.05, 4.69) is 41.4 Å². The van der Waals surface area contributed by atoms with Crippen molar-refractivity contribution in [3.63, 3.8) is 0 Å². The highest BCUT2D eigenvalue weighted by Crippen LogP contribution is 2.20. The van der Waals surface area contributed by atoms with Crippen molar-refractivity contribution < 1.29 is 4.42 Å². The Labute approximate surface area is 116 Å². The standard InChI is InChI=1S/C14H17N5O/c1-14(2,3)13-17-16-12-7-6-11(18-19(12)13)15-9-10-5-4-8-20-10/h4-8H,9H2,1-3H3,(H,15,18). The van der Waals surface area contributed by atoms with Crippen LogP contribution in [0.25, 0.3) is 5.65 Å². The van der Waals surface area contributed by atoms with Crippen molar-refractivity contribution in [2.24, 2.45) is 0 Å². The average molecular weight is 271 g/mol. The fourth-order valence-electron chi connectivity index (χ4n) is 1.94. The first-order chi connectivity index (χ1) is 9.54. The fraction of sp³-hybridized carbons (Fsp3) is 0.357. The van der Waals surface area contributed by atoms with Gasteiger partial charge in [-0.25, -0.2) is 0 Å². The second-order valence-corrected chi connectivity index (χ2v) is 5.70. The van der Waals surface area contributed by atoms with Gasteiger partial charge in [0, 0.05) is 5.41 Å². The summed E-state index contributed by atoms with van der Waals surface area (Å²) >= 11 is 0. The average Bonchev–Trinajstić information content (AvgIpc) is 3.04. The molecule has 3 heterocycles. The molecule has 20 heavy (non-hydrogen) atoms. The maximum Gasteiger partial charge on any atom is 0.178 e. The second kappa shape index (κ2) is 4.63. The van der Waals surface area contributed by atoms with Crippen molar-refractivity contribution in [3.8, 4) is 0 Å². The van der Waals surface area contributed by atoms with E-state index in [1.165, 1.54) is 0 Å². The number of hydrogen-bond donors (Lipinski definition) is 1. The fourth-order valence-corrected chi connectivity index (χ4v) is 1.94. The van der Waals surface area contributed by atoms with Crippen molar-refractivity contribution in [1.29, 1.82) is 0 Å². The molecular formula is C14H17N5O. The molecule has 3 rings (SSSR count). The summed E-state index contributed by atoms with van der Waals surface area (Å²) < 4.78 is 7.07. The number of anilines is 1. The lowest BCUT2D eigenvalue weighted by atomic mass is 9.96. The zero-order chi connectivity index (χ0) is 14.2. The lowest BCUT2D eigenvalue weighted by molar-refractivity contribution is 0.516. The summed E-state index contributed by atoms with van der Waals surface area (Å²) in [6.07, 6.45) is 1.66. The molecule has 0 unspecified atom stereocenters. The van der Waals surface area contributed by atoms with Crippen LogP contribution in [0.4, 0.5) is 5.82 Å². The molecular weight excluding hydrogens is 254 g/mol. The van der Waals surface area contributed by atoms with Gasteiger partial charge in [-0.1, -0.05) is 20.8 Å². The molecule has 0 amide bonds. The first-order valence-corrected chi connectivity index (χ1v) is 6.53. The van der Waals surface area contributed by atoms with E-state index in [1.54, 1.807) is 10.8 Å². The third kappa shape index (κ3) is 2.36. The van der Waals surface area contributed by atoms with Gasteiger partial charge in [-0.05, 0) is 24.3 Å². The van der Waals surface area contributed by atoms with Gasteiger partial charge in [0.05, 0.1) is 12.8 Å². The van der Waals surface area contributed by atoms with Gasteiger partial charge in [-0.15, -0.1) is 15.3 Å². The van der Waals surface area contributed by atoms with E-state index in [0.717, 1.165) is 23.0 Å². The normalized spacial score (nSPS) is 11.9. The number of furan rings is 1. The minimum absolute atomic E-state index is 0.105. The Balaban J connectivity index is 1.89. The second-order valence-electron chi connectivity index (χ2n) is 5.70. The summed E-state index contributed by atoms with van der Waals surface area (Å²) in [4.78, 5) is 0. The third-order valence-corrected chi connectivity index (χ3v) is 2.96. The number of nitrogens with one attached hydrogen (secondary N) is 1. The van der Waals surface area contributed by atoms with Crippen LogP contribution < -0.4 is 5.32 Å². The van der Waals surface area contributed by atoms with Crippen LogP contribution in [0.2, 0.25) is 0 Å². The molecule has 0 aliphatic heterocycles. The lowest BCUT2D eigenvalue weighted by Crippen LogP contribution is -2.17. The summed E-state index contributed by atoms with van der Waals surface area (Å²) in [7, 11) is 0. The number of aromatic nitrogens is 4. The number of rotatable bonds is 3. The van der Waals surface area contributed by atoms with Crippen molar-refractivity contribution in [2.75, 3.05) is 5.32 Å². The van der Waals surface area contributed by atoms with Crippen LogP contribution in [0.15, 0.2) is 34.9 Å². The summed E-state index contributed by atoms with van der Waals surface area (Å²) in [6.45, 7) is 6.87. The van der Waals surface area contributed by atoms with Gasteiger partial charge in [0.2, 0.25) is 0 Å². The minimum atomic E-state index is -0.105. The molecule has 0 spiro atoms. The van der Waals surface area contributed by atoms with E-state index < -0.39 is 0 Å². The van der Waals surface area contributed by atoms with Crippen LogP contribution in [0, 0.1) is 0 Å². The van der Waals surface area contributed by atoms with Crippen molar-refractivity contribution >= 4 is 11.5 Å². The molecule has 3 aromatic heterocycles. The Morgan fingerprint density at radius 2 is 2.05 bits per heavy atom. The Morgan fingerprint density at radius 1 is 1.20 bits per heavy atom.